The maximum atomic E-state index is 12.6. The van der Waals surface area contributed by atoms with Gasteiger partial charge < -0.3 is 5.32 Å². The molecule has 1 saturated carbocycles. The van der Waals surface area contributed by atoms with Gasteiger partial charge in [-0.3, -0.25) is 4.79 Å². The summed E-state index contributed by atoms with van der Waals surface area (Å²) in [5, 5.41) is 5.30. The highest BCUT2D eigenvalue weighted by atomic mass is 32.1. The Balaban J connectivity index is 1.64. The fraction of sp³-hybridized carbons (Fsp3) is 0.316. The highest BCUT2D eigenvalue weighted by Crippen LogP contribution is 2.35. The van der Waals surface area contributed by atoms with Crippen LogP contribution in [0.1, 0.15) is 48.3 Å². The third-order valence-corrected chi connectivity index (χ3v) is 5.29. The van der Waals surface area contributed by atoms with Crippen LogP contribution < -0.4 is 5.32 Å². The van der Waals surface area contributed by atoms with Gasteiger partial charge in [0.2, 0.25) is 5.95 Å². The van der Waals surface area contributed by atoms with E-state index in [1.165, 1.54) is 12.8 Å². The number of hydrogen-bond donors (Lipinski definition) is 1. The van der Waals surface area contributed by atoms with Gasteiger partial charge in [0, 0.05) is 6.42 Å². The Morgan fingerprint density at radius 3 is 2.79 bits per heavy atom. The third-order valence-electron chi connectivity index (χ3n) is 4.38. The lowest BCUT2D eigenvalue weighted by atomic mass is 10.1. The van der Waals surface area contributed by atoms with E-state index in [1.54, 1.807) is 11.3 Å². The molecule has 0 aliphatic heterocycles. The molecule has 0 spiro atoms. The minimum absolute atomic E-state index is 0.0775. The standard InChI is InChI=1S/C19H19N3OS/c1-12(14-5-3-2-4-6-14)20-19-21-15-9-10-24-18(15)17(22-19)16(23)11-13-7-8-13/h2-6,9-10,12-13H,7-8,11H2,1H3,(H,20,21,22). The topological polar surface area (TPSA) is 54.9 Å². The fourth-order valence-corrected chi connectivity index (χ4v) is 3.66. The predicted molar refractivity (Wildman–Crippen MR) is 97.6 cm³/mol. The van der Waals surface area contributed by atoms with Crippen LogP contribution in [0.4, 0.5) is 5.95 Å². The Morgan fingerprint density at radius 1 is 1.25 bits per heavy atom. The first kappa shape index (κ1) is 15.3. The molecule has 1 aliphatic rings. The number of benzene rings is 1. The van der Waals surface area contributed by atoms with E-state index in [0.29, 0.717) is 24.0 Å². The summed E-state index contributed by atoms with van der Waals surface area (Å²) in [5.74, 6) is 1.22. The van der Waals surface area contributed by atoms with Crippen LogP contribution in [0.5, 0.6) is 0 Å². The van der Waals surface area contributed by atoms with E-state index in [2.05, 4.69) is 34.3 Å². The molecule has 1 fully saturated rings. The quantitative estimate of drug-likeness (QED) is 0.653. The molecule has 0 bridgehead atoms. The van der Waals surface area contributed by atoms with E-state index in [-0.39, 0.29) is 11.8 Å². The van der Waals surface area contributed by atoms with Gasteiger partial charge in [-0.05, 0) is 42.7 Å². The molecule has 3 aromatic rings. The molecule has 1 unspecified atom stereocenters. The molecular formula is C19H19N3OS. The molecule has 1 N–H and O–H groups in total. The van der Waals surface area contributed by atoms with Gasteiger partial charge in [0.05, 0.1) is 16.3 Å². The number of hydrogen-bond acceptors (Lipinski definition) is 5. The van der Waals surface area contributed by atoms with Gasteiger partial charge in [0.15, 0.2) is 5.78 Å². The van der Waals surface area contributed by atoms with Crippen LogP contribution in [-0.2, 0) is 0 Å². The van der Waals surface area contributed by atoms with Crippen LogP contribution in [0.3, 0.4) is 0 Å². The molecule has 1 aliphatic carbocycles. The molecule has 2 aromatic heterocycles. The largest absolute Gasteiger partial charge is 0.348 e. The zero-order chi connectivity index (χ0) is 16.5. The number of Topliss-reactive ketones (excluding diaryl/α,β-unsaturated/α-hetero) is 1. The minimum Gasteiger partial charge on any atom is -0.348 e. The molecule has 24 heavy (non-hydrogen) atoms. The van der Waals surface area contributed by atoms with E-state index in [1.807, 2.05) is 29.6 Å². The van der Waals surface area contributed by atoms with Gasteiger partial charge in [-0.2, -0.15) is 0 Å². The average Bonchev–Trinajstić information content (AvgIpc) is 3.28. The lowest BCUT2D eigenvalue weighted by Gasteiger charge is -2.15. The lowest BCUT2D eigenvalue weighted by Crippen LogP contribution is -2.12. The molecule has 122 valence electrons. The van der Waals surface area contributed by atoms with Gasteiger partial charge in [-0.15, -0.1) is 11.3 Å². The molecule has 1 aromatic carbocycles. The zero-order valence-electron chi connectivity index (χ0n) is 13.5. The van der Waals surface area contributed by atoms with Gasteiger partial charge in [0.25, 0.3) is 0 Å². The van der Waals surface area contributed by atoms with E-state index in [4.69, 9.17) is 0 Å². The van der Waals surface area contributed by atoms with Crippen LogP contribution in [0, 0.1) is 5.92 Å². The van der Waals surface area contributed by atoms with E-state index in [9.17, 15) is 4.79 Å². The van der Waals surface area contributed by atoms with Crippen LogP contribution in [-0.4, -0.2) is 15.8 Å². The first-order valence-corrected chi connectivity index (χ1v) is 9.18. The van der Waals surface area contributed by atoms with E-state index < -0.39 is 0 Å². The minimum atomic E-state index is 0.0775. The van der Waals surface area contributed by atoms with Crippen LogP contribution >= 0.6 is 11.3 Å². The first-order chi connectivity index (χ1) is 11.7. The Kier molecular flexibility index (Phi) is 4.02. The summed E-state index contributed by atoms with van der Waals surface area (Å²) >= 11 is 1.54. The predicted octanol–water partition coefficient (Wildman–Crippen LogP) is 4.85. The molecule has 4 rings (SSSR count). The van der Waals surface area contributed by atoms with Crippen LogP contribution in [0.25, 0.3) is 10.2 Å². The van der Waals surface area contributed by atoms with Crippen molar-refractivity contribution in [3.63, 3.8) is 0 Å². The number of carbonyl (C=O) groups excluding carboxylic acids is 1. The van der Waals surface area contributed by atoms with Crippen molar-refractivity contribution in [3.8, 4) is 0 Å². The average molecular weight is 337 g/mol. The molecule has 0 saturated heterocycles. The van der Waals surface area contributed by atoms with Crippen molar-refractivity contribution in [1.82, 2.24) is 9.97 Å². The van der Waals surface area contributed by atoms with Crippen molar-refractivity contribution in [2.24, 2.45) is 5.92 Å². The highest BCUT2D eigenvalue weighted by molar-refractivity contribution is 7.17. The number of ketones is 1. The van der Waals surface area contributed by atoms with Gasteiger partial charge >= 0.3 is 0 Å². The van der Waals surface area contributed by atoms with Crippen molar-refractivity contribution < 1.29 is 4.79 Å². The van der Waals surface area contributed by atoms with Gasteiger partial charge in [-0.25, -0.2) is 9.97 Å². The van der Waals surface area contributed by atoms with Crippen molar-refractivity contribution in [2.75, 3.05) is 5.32 Å². The fourth-order valence-electron chi connectivity index (χ4n) is 2.82. The number of nitrogens with one attached hydrogen (secondary N) is 1. The van der Waals surface area contributed by atoms with Crippen molar-refractivity contribution >= 4 is 33.3 Å². The monoisotopic (exact) mass is 337 g/mol. The lowest BCUT2D eigenvalue weighted by molar-refractivity contribution is 0.0973. The third kappa shape index (κ3) is 3.17. The number of fused-ring (bicyclic) bond motifs is 1. The second-order valence-electron chi connectivity index (χ2n) is 6.38. The molecule has 4 nitrogen and oxygen atoms in total. The summed E-state index contributed by atoms with van der Waals surface area (Å²) < 4.78 is 0.901. The van der Waals surface area contributed by atoms with Gasteiger partial charge in [-0.1, -0.05) is 30.3 Å². The number of rotatable bonds is 6. The first-order valence-electron chi connectivity index (χ1n) is 8.30. The normalized spacial score (nSPS) is 15.4. The molecule has 2 heterocycles. The number of anilines is 1. The summed E-state index contributed by atoms with van der Waals surface area (Å²) in [6.07, 6.45) is 2.94. The summed E-state index contributed by atoms with van der Waals surface area (Å²) in [4.78, 5) is 21.7. The number of nitrogens with zero attached hydrogens (tertiary/aromatic N) is 2. The SMILES string of the molecule is CC(Nc1nc(C(=O)CC2CC2)c2sccc2n1)c1ccccc1. The van der Waals surface area contributed by atoms with Gasteiger partial charge in [0.1, 0.15) is 5.69 Å². The Morgan fingerprint density at radius 2 is 2.04 bits per heavy atom. The second kappa shape index (κ2) is 6.32. The van der Waals surface area contributed by atoms with Crippen LogP contribution in [0.15, 0.2) is 41.8 Å². The Labute approximate surface area is 145 Å². The molecule has 1 atom stereocenters. The smallest absolute Gasteiger partial charge is 0.224 e. The van der Waals surface area contributed by atoms with Crippen molar-refractivity contribution in [2.45, 2.75) is 32.2 Å². The number of aromatic nitrogens is 2. The van der Waals surface area contributed by atoms with Crippen molar-refractivity contribution in [3.05, 3.63) is 53.0 Å². The van der Waals surface area contributed by atoms with Crippen molar-refractivity contribution in [1.29, 1.82) is 0 Å². The summed E-state index contributed by atoms with van der Waals surface area (Å²) in [6.45, 7) is 2.07. The maximum Gasteiger partial charge on any atom is 0.224 e. The summed E-state index contributed by atoms with van der Waals surface area (Å²) in [5.41, 5.74) is 2.58. The number of carbonyl (C=O) groups is 1. The Hall–Kier alpha value is -2.27. The maximum absolute atomic E-state index is 12.6. The van der Waals surface area contributed by atoms with E-state index in [0.717, 1.165) is 15.8 Å². The van der Waals surface area contributed by atoms with E-state index >= 15 is 0 Å². The number of thiophene rings is 1. The molecule has 5 heteroatoms. The summed E-state index contributed by atoms with van der Waals surface area (Å²) in [7, 11) is 0. The van der Waals surface area contributed by atoms with Crippen LogP contribution in [0.2, 0.25) is 0 Å². The molecule has 0 radical (unpaired) electrons. The highest BCUT2D eigenvalue weighted by Gasteiger charge is 2.27. The second-order valence-corrected chi connectivity index (χ2v) is 7.29. The molecular weight excluding hydrogens is 318 g/mol. The molecule has 0 amide bonds. The Bertz CT molecular complexity index is 871. The zero-order valence-corrected chi connectivity index (χ0v) is 14.3. The summed E-state index contributed by atoms with van der Waals surface area (Å²) in [6, 6.07) is 12.2.